The summed E-state index contributed by atoms with van der Waals surface area (Å²) in [6, 6.07) is 8.56. The van der Waals surface area contributed by atoms with Crippen molar-refractivity contribution in [3.8, 4) is 5.75 Å². The monoisotopic (exact) mass is 767 g/mol. The first-order chi connectivity index (χ1) is 25.1. The highest BCUT2D eigenvalue weighted by atomic mass is 32.1. The lowest BCUT2D eigenvalue weighted by atomic mass is 9.98. The molecule has 1 aliphatic heterocycles. The standard InChI is InChI=1S/C36H45N7O10S/c1-34(2,3)51-31(48)36(7,8)53-42-27(22-19-54-32(39-22)41-33(49)52-35(4,5)6)30(47)40-26-21(38-29(26)46)16-37-28(45)23-15-24(44)25(17-43(23)9)50-18-20-13-11-10-12-14-20/h10-15,17,19,21,26H,16,18H2,1-9H3,(H,37,45)(H,38,46)(H,40,47)(H,39,41,49). The van der Waals surface area contributed by atoms with Crippen molar-refractivity contribution in [2.75, 3.05) is 11.9 Å². The second-order valence-electron chi connectivity index (χ2n) is 14.8. The molecule has 3 aromatic rings. The number of aryl methyl sites for hydroxylation is 1. The Morgan fingerprint density at radius 3 is 2.28 bits per heavy atom. The van der Waals surface area contributed by atoms with Gasteiger partial charge in [0.05, 0.1) is 12.2 Å². The van der Waals surface area contributed by atoms with Crippen molar-refractivity contribution >= 4 is 52.0 Å². The summed E-state index contributed by atoms with van der Waals surface area (Å²) in [6.07, 6.45) is 0.631. The number of carbonyl (C=O) groups excluding carboxylic acids is 5. The summed E-state index contributed by atoms with van der Waals surface area (Å²) in [5.41, 5.74) is -3.33. The maximum Gasteiger partial charge on any atom is 0.413 e. The van der Waals surface area contributed by atoms with Crippen molar-refractivity contribution < 1.29 is 43.0 Å². The first-order valence-corrected chi connectivity index (χ1v) is 17.7. The van der Waals surface area contributed by atoms with Crippen LogP contribution >= 0.6 is 11.3 Å². The number of nitrogens with one attached hydrogen (secondary N) is 4. The Balaban J connectivity index is 1.46. The number of nitrogens with zero attached hydrogens (tertiary/aromatic N) is 3. The number of rotatable bonds is 13. The Morgan fingerprint density at radius 1 is 0.981 bits per heavy atom. The first-order valence-electron chi connectivity index (χ1n) is 16.8. The molecule has 1 saturated heterocycles. The largest absolute Gasteiger partial charge is 0.483 e. The van der Waals surface area contributed by atoms with Gasteiger partial charge in [-0.3, -0.25) is 24.5 Å². The number of β-lactam (4-membered cyclic amide) rings is 1. The average Bonchev–Trinajstić information content (AvgIpc) is 3.51. The van der Waals surface area contributed by atoms with Gasteiger partial charge in [-0.2, -0.15) is 0 Å². The number of anilines is 1. The molecule has 0 spiro atoms. The van der Waals surface area contributed by atoms with Gasteiger partial charge in [-0.15, -0.1) is 11.3 Å². The van der Waals surface area contributed by atoms with Gasteiger partial charge in [0.15, 0.2) is 16.6 Å². The zero-order valence-electron chi connectivity index (χ0n) is 31.5. The van der Waals surface area contributed by atoms with Crippen LogP contribution in [0.1, 0.15) is 77.1 Å². The van der Waals surface area contributed by atoms with E-state index in [1.165, 1.54) is 30.0 Å². The van der Waals surface area contributed by atoms with Crippen molar-refractivity contribution in [2.45, 2.75) is 90.9 Å². The van der Waals surface area contributed by atoms with E-state index in [4.69, 9.17) is 19.0 Å². The molecule has 2 unspecified atom stereocenters. The van der Waals surface area contributed by atoms with E-state index in [-0.39, 0.29) is 35.4 Å². The smallest absolute Gasteiger partial charge is 0.413 e. The number of thiazole rings is 1. The number of ether oxygens (including phenoxy) is 3. The molecule has 2 atom stereocenters. The molecule has 0 bridgehead atoms. The van der Waals surface area contributed by atoms with E-state index in [0.717, 1.165) is 23.0 Å². The van der Waals surface area contributed by atoms with Gasteiger partial charge in [0.25, 0.3) is 11.8 Å². The van der Waals surface area contributed by atoms with E-state index in [1.807, 2.05) is 30.3 Å². The zero-order chi connectivity index (χ0) is 40.0. The maximum absolute atomic E-state index is 13.7. The minimum atomic E-state index is -1.65. The highest BCUT2D eigenvalue weighted by Gasteiger charge is 2.42. The van der Waals surface area contributed by atoms with Gasteiger partial charge in [0.1, 0.15) is 35.2 Å². The van der Waals surface area contributed by atoms with E-state index >= 15 is 0 Å². The fraction of sp³-hybridized carbons (Fsp3) is 0.444. The maximum atomic E-state index is 13.7. The molecule has 4 rings (SSSR count). The van der Waals surface area contributed by atoms with Crippen LogP contribution in [0.25, 0.3) is 0 Å². The quantitative estimate of drug-likeness (QED) is 0.0858. The van der Waals surface area contributed by atoms with Crippen molar-refractivity contribution in [1.29, 1.82) is 0 Å². The minimum absolute atomic E-state index is 0.0387. The predicted molar refractivity (Wildman–Crippen MR) is 198 cm³/mol. The number of benzene rings is 1. The van der Waals surface area contributed by atoms with Gasteiger partial charge in [0.2, 0.25) is 16.9 Å². The third-order valence-electron chi connectivity index (χ3n) is 7.28. The summed E-state index contributed by atoms with van der Waals surface area (Å²) in [5.74, 6) is -2.76. The van der Waals surface area contributed by atoms with Crippen molar-refractivity contribution in [2.24, 2.45) is 12.2 Å². The van der Waals surface area contributed by atoms with E-state index in [2.05, 4.69) is 31.4 Å². The number of aromatic nitrogens is 2. The number of amides is 4. The van der Waals surface area contributed by atoms with Gasteiger partial charge >= 0.3 is 12.1 Å². The Labute approximate surface area is 315 Å². The molecular formula is C36H45N7O10S. The summed E-state index contributed by atoms with van der Waals surface area (Å²) >= 11 is 0.961. The van der Waals surface area contributed by atoms with E-state index in [9.17, 15) is 28.8 Å². The van der Waals surface area contributed by atoms with Crippen LogP contribution in [0, 0.1) is 0 Å². The third-order valence-corrected chi connectivity index (χ3v) is 8.04. The number of hydrogen-bond acceptors (Lipinski definition) is 13. The van der Waals surface area contributed by atoms with Gasteiger partial charge in [-0.25, -0.2) is 14.6 Å². The molecule has 1 fully saturated rings. The van der Waals surface area contributed by atoms with Crippen LogP contribution in [0.3, 0.4) is 0 Å². The third kappa shape index (κ3) is 11.4. The first kappa shape index (κ1) is 41.0. The fourth-order valence-corrected chi connectivity index (χ4v) is 5.27. The molecule has 1 aromatic carbocycles. The second kappa shape index (κ2) is 16.5. The molecule has 3 heterocycles. The minimum Gasteiger partial charge on any atom is -0.483 e. The molecule has 2 aromatic heterocycles. The molecule has 0 radical (unpaired) electrons. The van der Waals surface area contributed by atoms with Crippen molar-refractivity contribution in [3.63, 3.8) is 0 Å². The Bertz CT molecular complexity index is 1980. The summed E-state index contributed by atoms with van der Waals surface area (Å²) in [4.78, 5) is 87.1. The van der Waals surface area contributed by atoms with E-state index in [0.29, 0.717) is 0 Å². The highest BCUT2D eigenvalue weighted by Crippen LogP contribution is 2.21. The molecule has 1 aliphatic rings. The number of oxime groups is 1. The molecule has 290 valence electrons. The van der Waals surface area contributed by atoms with Crippen molar-refractivity contribution in [3.05, 3.63) is 75.1 Å². The topological polar surface area (TPSA) is 218 Å². The number of hydrogen-bond donors (Lipinski definition) is 4. The molecule has 0 aliphatic carbocycles. The normalized spacial score (nSPS) is 15.9. The van der Waals surface area contributed by atoms with Gasteiger partial charge < -0.3 is 39.6 Å². The number of esters is 1. The van der Waals surface area contributed by atoms with Crippen LogP contribution in [-0.4, -0.2) is 80.5 Å². The summed E-state index contributed by atoms with van der Waals surface area (Å²) in [7, 11) is 1.58. The summed E-state index contributed by atoms with van der Waals surface area (Å²) < 4.78 is 17.8. The Hall–Kier alpha value is -5.78. The van der Waals surface area contributed by atoms with E-state index < -0.39 is 69.8 Å². The lowest BCUT2D eigenvalue weighted by Crippen LogP contribution is -2.72. The summed E-state index contributed by atoms with van der Waals surface area (Å²) in [5, 5.41) is 15.8. The average molecular weight is 768 g/mol. The van der Waals surface area contributed by atoms with Crippen LogP contribution in [0.15, 0.2) is 57.9 Å². The van der Waals surface area contributed by atoms with Crippen LogP contribution in [0.5, 0.6) is 5.75 Å². The second-order valence-corrected chi connectivity index (χ2v) is 15.6. The predicted octanol–water partition coefficient (Wildman–Crippen LogP) is 3.02. The molecule has 54 heavy (non-hydrogen) atoms. The number of carbonyl (C=O) groups is 5. The molecule has 18 heteroatoms. The Kier molecular flexibility index (Phi) is 12.5. The van der Waals surface area contributed by atoms with Gasteiger partial charge in [-0.05, 0) is 61.0 Å². The van der Waals surface area contributed by atoms with Gasteiger partial charge in [-0.1, -0.05) is 35.5 Å². The lowest BCUT2D eigenvalue weighted by Gasteiger charge is -2.37. The molecule has 4 N–H and O–H groups in total. The van der Waals surface area contributed by atoms with Crippen molar-refractivity contribution in [1.82, 2.24) is 25.5 Å². The lowest BCUT2D eigenvalue weighted by molar-refractivity contribution is -0.179. The molecular weight excluding hydrogens is 723 g/mol. The zero-order valence-corrected chi connectivity index (χ0v) is 32.3. The SMILES string of the molecule is Cn1cc(OCc2ccccc2)c(=O)cc1C(=O)NCC1NC(=O)C1NC(=O)C(=NOC(C)(C)C(=O)OC(C)(C)C)c1csc(NC(=O)OC(C)(C)C)n1. The van der Waals surface area contributed by atoms with Crippen LogP contribution in [0.4, 0.5) is 9.93 Å². The van der Waals surface area contributed by atoms with Gasteiger partial charge in [0, 0.05) is 25.0 Å². The van der Waals surface area contributed by atoms with Crippen LogP contribution in [-0.2, 0) is 42.3 Å². The summed E-state index contributed by atoms with van der Waals surface area (Å²) in [6.45, 7) is 13.0. The molecule has 0 saturated carbocycles. The fourth-order valence-electron chi connectivity index (χ4n) is 4.59. The Morgan fingerprint density at radius 2 is 1.65 bits per heavy atom. The molecule has 4 amide bonds. The van der Waals surface area contributed by atoms with Crippen LogP contribution < -0.4 is 31.4 Å². The highest BCUT2D eigenvalue weighted by molar-refractivity contribution is 7.14. The van der Waals surface area contributed by atoms with E-state index in [1.54, 1.807) is 48.6 Å². The number of pyridine rings is 1. The molecule has 17 nitrogen and oxygen atoms in total. The van der Waals surface area contributed by atoms with Crippen LogP contribution in [0.2, 0.25) is 0 Å².